The van der Waals surface area contributed by atoms with Gasteiger partial charge in [0.15, 0.2) is 12.4 Å². The van der Waals surface area contributed by atoms with E-state index in [0.717, 1.165) is 6.42 Å². The molecule has 0 bridgehead atoms. The zero-order valence-corrected chi connectivity index (χ0v) is 14.4. The van der Waals surface area contributed by atoms with E-state index in [0.29, 0.717) is 11.9 Å². The number of hydrogen-bond acceptors (Lipinski definition) is 6. The van der Waals surface area contributed by atoms with Gasteiger partial charge in [0.05, 0.1) is 12.7 Å². The number of carbonyl (C=O) groups excluding carboxylic acids is 2. The molecule has 0 spiro atoms. The van der Waals surface area contributed by atoms with Crippen LogP contribution in [-0.4, -0.2) is 48.5 Å². The summed E-state index contributed by atoms with van der Waals surface area (Å²) in [6, 6.07) is 0. The van der Waals surface area contributed by atoms with Crippen molar-refractivity contribution in [3.05, 3.63) is 0 Å². The molecule has 1 saturated heterocycles. The summed E-state index contributed by atoms with van der Waals surface area (Å²) in [5, 5.41) is 0.629. The van der Waals surface area contributed by atoms with Crippen LogP contribution in [0.15, 0.2) is 0 Å². The summed E-state index contributed by atoms with van der Waals surface area (Å²) in [5.74, 6) is -0.970. The molecule has 0 N–H and O–H groups in total. The topological polar surface area (TPSA) is 71.1 Å². The van der Waals surface area contributed by atoms with Gasteiger partial charge in [-0.05, 0) is 6.42 Å². The Bertz CT molecular complexity index is 361. The normalized spacial score (nSPS) is 32.5. The smallest absolute Gasteiger partial charge is 0.303 e. The molecule has 0 radical (unpaired) electrons. The molecule has 21 heavy (non-hydrogen) atoms. The van der Waals surface area contributed by atoms with E-state index < -0.39 is 30.4 Å². The van der Waals surface area contributed by atoms with Gasteiger partial charge in [0.2, 0.25) is 0 Å². The second kappa shape index (κ2) is 8.70. The quantitative estimate of drug-likeness (QED) is 0.529. The Kier molecular flexibility index (Phi) is 7.62. The molecule has 0 aliphatic carbocycles. The van der Waals surface area contributed by atoms with Crippen LogP contribution in [0.25, 0.3) is 0 Å². The molecule has 122 valence electrons. The number of ether oxygens (including phenoxy) is 4. The Hall–Kier alpha value is -0.660. The van der Waals surface area contributed by atoms with Crippen molar-refractivity contribution in [3.8, 4) is 0 Å². The first-order valence-electron chi connectivity index (χ1n) is 7.08. The highest BCUT2D eigenvalue weighted by Crippen LogP contribution is 2.32. The molecule has 6 nitrogen and oxygen atoms in total. The van der Waals surface area contributed by atoms with Crippen LogP contribution < -0.4 is 0 Å². The number of carbonyl (C=O) groups is 2. The van der Waals surface area contributed by atoms with Gasteiger partial charge in [0.1, 0.15) is 6.10 Å². The molecule has 7 heteroatoms. The summed E-state index contributed by atoms with van der Waals surface area (Å²) in [5.41, 5.74) is 0. The largest absolute Gasteiger partial charge is 0.458 e. The summed E-state index contributed by atoms with van der Waals surface area (Å²) >= 11 is 3.27. The molecule has 1 heterocycles. The summed E-state index contributed by atoms with van der Waals surface area (Å²) in [7, 11) is 0. The lowest BCUT2D eigenvalue weighted by molar-refractivity contribution is -0.288. The number of hydrogen-bond donors (Lipinski definition) is 0. The second-order valence-electron chi connectivity index (χ2n) is 5.02. The second-order valence-corrected chi connectivity index (χ2v) is 5.81. The maximum Gasteiger partial charge on any atom is 0.303 e. The van der Waals surface area contributed by atoms with Gasteiger partial charge in [-0.1, -0.05) is 29.8 Å². The lowest BCUT2D eigenvalue weighted by atomic mass is 9.89. The van der Waals surface area contributed by atoms with Crippen LogP contribution in [0.2, 0.25) is 0 Å². The van der Waals surface area contributed by atoms with Crippen molar-refractivity contribution < 1.29 is 28.5 Å². The minimum absolute atomic E-state index is 0.0907. The highest BCUT2D eigenvalue weighted by molar-refractivity contribution is 9.09. The molecule has 1 aliphatic heterocycles. The van der Waals surface area contributed by atoms with Crippen molar-refractivity contribution in [1.29, 1.82) is 0 Å². The van der Waals surface area contributed by atoms with Crippen molar-refractivity contribution in [1.82, 2.24) is 0 Å². The first kappa shape index (κ1) is 18.4. The van der Waals surface area contributed by atoms with Crippen LogP contribution >= 0.6 is 15.9 Å². The Morgan fingerprint density at radius 3 is 2.19 bits per heavy atom. The Balaban J connectivity index is 2.97. The molecule has 1 rings (SSSR count). The zero-order valence-electron chi connectivity index (χ0n) is 12.8. The summed E-state index contributed by atoms with van der Waals surface area (Å²) in [6.45, 7) is 6.95. The number of rotatable bonds is 6. The Morgan fingerprint density at radius 1 is 1.14 bits per heavy atom. The first-order chi connectivity index (χ1) is 9.90. The number of alkyl halides is 1. The van der Waals surface area contributed by atoms with Gasteiger partial charge in [-0.3, -0.25) is 9.59 Å². The van der Waals surface area contributed by atoms with E-state index in [1.807, 2.05) is 13.8 Å². The van der Waals surface area contributed by atoms with Crippen LogP contribution in [0.4, 0.5) is 0 Å². The fraction of sp³-hybridized carbons (Fsp3) is 0.857. The van der Waals surface area contributed by atoms with Crippen LogP contribution in [0.3, 0.4) is 0 Å². The Labute approximate surface area is 133 Å². The minimum Gasteiger partial charge on any atom is -0.458 e. The molecule has 1 unspecified atom stereocenters. The third-order valence-corrected chi connectivity index (χ3v) is 3.70. The van der Waals surface area contributed by atoms with E-state index in [4.69, 9.17) is 18.9 Å². The first-order valence-corrected chi connectivity index (χ1v) is 8.20. The van der Waals surface area contributed by atoms with E-state index >= 15 is 0 Å². The van der Waals surface area contributed by atoms with Crippen molar-refractivity contribution in [3.63, 3.8) is 0 Å². The average Bonchev–Trinajstić information content (AvgIpc) is 2.41. The van der Waals surface area contributed by atoms with E-state index in [2.05, 4.69) is 15.9 Å². The standard InChI is InChI=1S/C14H23BrO6/c1-5-11-8(2)12(19-9(3)16)13(20-10(4)17)14(21-11)18-7-6-15/h8,11-14H,5-7H2,1-4H3/t8-,11+,12-,13+,14?/m0/s1. The van der Waals surface area contributed by atoms with Crippen LogP contribution in [-0.2, 0) is 28.5 Å². The fourth-order valence-corrected chi connectivity index (χ4v) is 2.67. The zero-order chi connectivity index (χ0) is 16.0. The highest BCUT2D eigenvalue weighted by Gasteiger charge is 2.47. The molecule has 1 fully saturated rings. The third kappa shape index (κ3) is 5.23. The van der Waals surface area contributed by atoms with Gasteiger partial charge in [-0.25, -0.2) is 0 Å². The predicted octanol–water partition coefficient (Wildman–Crippen LogP) is 2.03. The molecular weight excluding hydrogens is 344 g/mol. The van der Waals surface area contributed by atoms with E-state index in [1.165, 1.54) is 13.8 Å². The van der Waals surface area contributed by atoms with E-state index in [-0.39, 0.29) is 12.0 Å². The minimum atomic E-state index is -0.761. The number of halogens is 1. The molecule has 0 aromatic heterocycles. The van der Waals surface area contributed by atoms with Crippen LogP contribution in [0, 0.1) is 5.92 Å². The predicted molar refractivity (Wildman–Crippen MR) is 79.0 cm³/mol. The summed E-state index contributed by atoms with van der Waals surface area (Å²) < 4.78 is 22.1. The van der Waals surface area contributed by atoms with Gasteiger partial charge in [0, 0.05) is 25.1 Å². The van der Waals surface area contributed by atoms with Gasteiger partial charge in [-0.2, -0.15) is 0 Å². The van der Waals surface area contributed by atoms with Gasteiger partial charge in [0.25, 0.3) is 0 Å². The van der Waals surface area contributed by atoms with Crippen molar-refractivity contribution in [2.75, 3.05) is 11.9 Å². The fourth-order valence-electron chi connectivity index (χ4n) is 2.48. The molecular formula is C14H23BrO6. The highest BCUT2D eigenvalue weighted by atomic mass is 79.9. The van der Waals surface area contributed by atoms with Gasteiger partial charge >= 0.3 is 11.9 Å². The molecule has 0 amide bonds. The van der Waals surface area contributed by atoms with Gasteiger partial charge < -0.3 is 18.9 Å². The maximum atomic E-state index is 11.4. The molecule has 0 aromatic rings. The lowest BCUT2D eigenvalue weighted by Crippen LogP contribution is -2.57. The van der Waals surface area contributed by atoms with E-state index in [9.17, 15) is 9.59 Å². The number of esters is 2. The molecule has 5 atom stereocenters. The maximum absolute atomic E-state index is 11.4. The SMILES string of the molecule is CC[C@H]1OC(OCCBr)[C@H](OC(C)=O)[C@@H](OC(C)=O)[C@H]1C. The van der Waals surface area contributed by atoms with Crippen molar-refractivity contribution in [2.45, 2.75) is 58.7 Å². The summed E-state index contributed by atoms with van der Waals surface area (Å²) in [4.78, 5) is 22.7. The van der Waals surface area contributed by atoms with Crippen molar-refractivity contribution >= 4 is 27.9 Å². The molecule has 1 aliphatic rings. The average molecular weight is 367 g/mol. The molecule has 0 saturated carbocycles. The van der Waals surface area contributed by atoms with Crippen LogP contribution in [0.5, 0.6) is 0 Å². The Morgan fingerprint density at radius 2 is 1.71 bits per heavy atom. The van der Waals surface area contributed by atoms with Gasteiger partial charge in [-0.15, -0.1) is 0 Å². The lowest BCUT2D eigenvalue weighted by Gasteiger charge is -2.43. The summed E-state index contributed by atoms with van der Waals surface area (Å²) in [6.07, 6.45) is -1.45. The monoisotopic (exact) mass is 366 g/mol. The van der Waals surface area contributed by atoms with Crippen molar-refractivity contribution in [2.24, 2.45) is 5.92 Å². The van der Waals surface area contributed by atoms with E-state index in [1.54, 1.807) is 0 Å². The molecule has 0 aromatic carbocycles. The van der Waals surface area contributed by atoms with Crippen LogP contribution in [0.1, 0.15) is 34.1 Å². The third-order valence-electron chi connectivity index (χ3n) is 3.37.